The molecule has 0 spiro atoms. The van der Waals surface area contributed by atoms with E-state index in [-0.39, 0.29) is 48.5 Å². The van der Waals surface area contributed by atoms with Crippen LogP contribution in [0.25, 0.3) is 0 Å². The first-order chi connectivity index (χ1) is 18.7. The molecule has 0 bridgehead atoms. The molecule has 2 aliphatic heterocycles. The maximum Gasteiger partial charge on any atom is 0.416 e. The molecule has 39 heavy (non-hydrogen) atoms. The van der Waals surface area contributed by atoms with Gasteiger partial charge in [0.1, 0.15) is 0 Å². The standard InChI is InChI=1S/C28H34F3N5O3/c29-28(30,31)23-4-2-1-3-21(23)19-7-12-35(16-19)25(38)22-15-32-36(24(22)18-5-6-18)20-8-13-34(14-9-20)26(39)33-27(17-37)10-11-27/h1-4,15,18-20,37H,5-14,16-17H2,(H,33,39)/t19-/m1/s1. The van der Waals surface area contributed by atoms with Gasteiger partial charge in [-0.25, -0.2) is 4.79 Å². The van der Waals surface area contributed by atoms with Crippen LogP contribution in [0.15, 0.2) is 30.5 Å². The van der Waals surface area contributed by atoms with Gasteiger partial charge in [-0.2, -0.15) is 18.3 Å². The summed E-state index contributed by atoms with van der Waals surface area (Å²) in [6.45, 7) is 1.75. The third-order valence-corrected chi connectivity index (χ3v) is 8.84. The lowest BCUT2D eigenvalue weighted by atomic mass is 9.93. The zero-order valence-electron chi connectivity index (χ0n) is 21.8. The Balaban J connectivity index is 1.14. The minimum absolute atomic E-state index is 0.0450. The minimum Gasteiger partial charge on any atom is -0.394 e. The van der Waals surface area contributed by atoms with Crippen LogP contribution in [0.4, 0.5) is 18.0 Å². The summed E-state index contributed by atoms with van der Waals surface area (Å²) in [6.07, 6.45) is 2.69. The van der Waals surface area contributed by atoms with E-state index in [9.17, 15) is 27.9 Å². The van der Waals surface area contributed by atoms with E-state index in [2.05, 4.69) is 10.4 Å². The number of nitrogens with zero attached hydrogens (tertiary/aromatic N) is 4. The molecule has 4 aliphatic rings. The van der Waals surface area contributed by atoms with Gasteiger partial charge in [0.05, 0.1) is 41.2 Å². The van der Waals surface area contributed by atoms with Crippen molar-refractivity contribution in [3.63, 3.8) is 0 Å². The van der Waals surface area contributed by atoms with Crippen molar-refractivity contribution in [2.45, 2.75) is 74.5 Å². The molecule has 1 atom stereocenters. The summed E-state index contributed by atoms with van der Waals surface area (Å²) in [4.78, 5) is 29.7. The molecule has 3 heterocycles. The predicted molar refractivity (Wildman–Crippen MR) is 136 cm³/mol. The van der Waals surface area contributed by atoms with Gasteiger partial charge in [-0.15, -0.1) is 0 Å². The maximum atomic E-state index is 13.6. The van der Waals surface area contributed by atoms with Gasteiger partial charge >= 0.3 is 12.2 Å². The van der Waals surface area contributed by atoms with E-state index < -0.39 is 17.3 Å². The largest absolute Gasteiger partial charge is 0.416 e. The highest BCUT2D eigenvalue weighted by atomic mass is 19.4. The molecule has 0 unspecified atom stereocenters. The van der Waals surface area contributed by atoms with Gasteiger partial charge in [-0.05, 0) is 56.6 Å². The molecular weight excluding hydrogens is 511 g/mol. The SMILES string of the molecule is O=C(NC1(CO)CC1)N1CCC(n2ncc(C(=O)N3CC[C@@H](c4ccccc4C(F)(F)F)C3)c2C2CC2)CC1. The highest BCUT2D eigenvalue weighted by Gasteiger charge is 2.45. The van der Waals surface area contributed by atoms with Gasteiger partial charge < -0.3 is 20.2 Å². The van der Waals surface area contributed by atoms with E-state index in [0.29, 0.717) is 44.5 Å². The number of benzene rings is 1. The van der Waals surface area contributed by atoms with Gasteiger partial charge in [0.2, 0.25) is 0 Å². The van der Waals surface area contributed by atoms with E-state index in [1.807, 2.05) is 4.68 Å². The van der Waals surface area contributed by atoms with Gasteiger partial charge in [0.15, 0.2) is 0 Å². The summed E-state index contributed by atoms with van der Waals surface area (Å²) in [6, 6.07) is 5.58. The number of aliphatic hydroxyl groups excluding tert-OH is 1. The number of rotatable bonds is 6. The number of carbonyl (C=O) groups excluding carboxylic acids is 2. The second-order valence-corrected chi connectivity index (χ2v) is 11.6. The van der Waals surface area contributed by atoms with Crippen molar-refractivity contribution < 1.29 is 27.9 Å². The Hall–Kier alpha value is -3.08. The lowest BCUT2D eigenvalue weighted by molar-refractivity contribution is -0.138. The molecule has 1 aromatic carbocycles. The molecule has 0 radical (unpaired) electrons. The number of piperidine rings is 1. The van der Waals surface area contributed by atoms with Crippen LogP contribution < -0.4 is 5.32 Å². The fourth-order valence-electron chi connectivity index (χ4n) is 6.16. The Morgan fingerprint density at radius 1 is 1.00 bits per heavy atom. The lowest BCUT2D eigenvalue weighted by Gasteiger charge is -2.34. The average molecular weight is 546 g/mol. The smallest absolute Gasteiger partial charge is 0.394 e. The number of likely N-dealkylation sites (tertiary alicyclic amines) is 2. The van der Waals surface area contributed by atoms with Crippen LogP contribution in [-0.4, -0.2) is 74.9 Å². The van der Waals surface area contributed by atoms with E-state index >= 15 is 0 Å². The summed E-state index contributed by atoms with van der Waals surface area (Å²) in [5.41, 5.74) is 0.661. The second-order valence-electron chi connectivity index (χ2n) is 11.6. The number of amides is 3. The first-order valence-corrected chi connectivity index (χ1v) is 13.9. The molecule has 11 heteroatoms. The monoisotopic (exact) mass is 545 g/mol. The maximum absolute atomic E-state index is 13.6. The Morgan fingerprint density at radius 2 is 1.69 bits per heavy atom. The zero-order valence-corrected chi connectivity index (χ0v) is 21.8. The van der Waals surface area contributed by atoms with Crippen LogP contribution in [0.2, 0.25) is 0 Å². The minimum atomic E-state index is -4.43. The quantitative estimate of drug-likeness (QED) is 0.567. The van der Waals surface area contributed by atoms with Crippen molar-refractivity contribution in [1.29, 1.82) is 0 Å². The first-order valence-electron chi connectivity index (χ1n) is 13.9. The number of carbonyl (C=O) groups is 2. The summed E-state index contributed by atoms with van der Waals surface area (Å²) in [5.74, 6) is -0.260. The third kappa shape index (κ3) is 5.13. The number of alkyl halides is 3. The topological polar surface area (TPSA) is 90.7 Å². The van der Waals surface area contributed by atoms with E-state index in [1.165, 1.54) is 12.1 Å². The number of nitrogens with one attached hydrogen (secondary N) is 1. The normalized spacial score (nSPS) is 23.2. The van der Waals surface area contributed by atoms with Crippen molar-refractivity contribution in [1.82, 2.24) is 24.9 Å². The van der Waals surface area contributed by atoms with Gasteiger partial charge in [-0.3, -0.25) is 9.48 Å². The number of aromatic nitrogens is 2. The Kier molecular flexibility index (Phi) is 6.60. The molecule has 2 aliphatic carbocycles. The molecule has 8 nitrogen and oxygen atoms in total. The number of urea groups is 1. The molecule has 210 valence electrons. The Morgan fingerprint density at radius 3 is 2.33 bits per heavy atom. The molecule has 2 N–H and O–H groups in total. The zero-order chi connectivity index (χ0) is 27.4. The molecule has 2 saturated carbocycles. The third-order valence-electron chi connectivity index (χ3n) is 8.84. The molecular formula is C28H34F3N5O3. The Bertz CT molecular complexity index is 1250. The molecule has 2 aromatic rings. The summed E-state index contributed by atoms with van der Waals surface area (Å²) >= 11 is 0. The van der Waals surface area contributed by atoms with Crippen molar-refractivity contribution in [3.8, 4) is 0 Å². The molecule has 3 amide bonds. The van der Waals surface area contributed by atoms with Gasteiger partial charge in [-0.1, -0.05) is 18.2 Å². The fraction of sp³-hybridized carbons (Fsp3) is 0.607. The number of aliphatic hydroxyl groups is 1. The van der Waals surface area contributed by atoms with Crippen LogP contribution >= 0.6 is 0 Å². The van der Waals surface area contributed by atoms with Crippen LogP contribution in [0.1, 0.15) is 90.0 Å². The summed E-state index contributed by atoms with van der Waals surface area (Å²) in [5, 5.41) is 17.1. The van der Waals surface area contributed by atoms with Crippen molar-refractivity contribution in [2.24, 2.45) is 0 Å². The summed E-state index contributed by atoms with van der Waals surface area (Å²) < 4.78 is 42.7. The summed E-state index contributed by atoms with van der Waals surface area (Å²) in [7, 11) is 0. The van der Waals surface area contributed by atoms with E-state index in [1.54, 1.807) is 22.1 Å². The lowest BCUT2D eigenvalue weighted by Crippen LogP contribution is -2.50. The van der Waals surface area contributed by atoms with E-state index in [4.69, 9.17) is 0 Å². The van der Waals surface area contributed by atoms with Crippen LogP contribution in [0.5, 0.6) is 0 Å². The predicted octanol–water partition coefficient (Wildman–Crippen LogP) is 4.28. The van der Waals surface area contributed by atoms with Crippen molar-refractivity contribution in [2.75, 3.05) is 32.8 Å². The molecule has 6 rings (SSSR count). The Labute approximate surface area is 225 Å². The van der Waals surface area contributed by atoms with Crippen LogP contribution in [0, 0.1) is 0 Å². The highest BCUT2D eigenvalue weighted by molar-refractivity contribution is 5.95. The van der Waals surface area contributed by atoms with E-state index in [0.717, 1.165) is 37.4 Å². The molecule has 4 fully saturated rings. The van der Waals surface area contributed by atoms with Crippen molar-refractivity contribution in [3.05, 3.63) is 52.8 Å². The number of hydrogen-bond donors (Lipinski definition) is 2. The molecule has 2 saturated heterocycles. The van der Waals surface area contributed by atoms with Crippen molar-refractivity contribution >= 4 is 11.9 Å². The first kappa shape index (κ1) is 26.2. The van der Waals surface area contributed by atoms with Gasteiger partial charge in [0, 0.05) is 38.0 Å². The average Bonchev–Trinajstić information content (AvgIpc) is 3.83. The van der Waals surface area contributed by atoms with Gasteiger partial charge in [0.25, 0.3) is 5.91 Å². The fourth-order valence-corrected chi connectivity index (χ4v) is 6.16. The highest BCUT2D eigenvalue weighted by Crippen LogP contribution is 2.44. The van der Waals surface area contributed by atoms with Crippen LogP contribution in [-0.2, 0) is 6.18 Å². The number of halogens is 3. The molecule has 1 aromatic heterocycles. The second kappa shape index (κ2) is 9.83. The number of hydrogen-bond acceptors (Lipinski definition) is 4. The van der Waals surface area contributed by atoms with Crippen LogP contribution in [0.3, 0.4) is 0 Å².